The summed E-state index contributed by atoms with van der Waals surface area (Å²) in [7, 11) is 1.77. The number of nitrogens with zero attached hydrogens (tertiary/aromatic N) is 5. The van der Waals surface area contributed by atoms with Crippen molar-refractivity contribution in [3.8, 4) is 5.82 Å². The fourth-order valence-electron chi connectivity index (χ4n) is 5.03. The van der Waals surface area contributed by atoms with Gasteiger partial charge in [-0.25, -0.2) is 9.97 Å². The van der Waals surface area contributed by atoms with Gasteiger partial charge in [0.05, 0.1) is 23.5 Å². The van der Waals surface area contributed by atoms with Crippen molar-refractivity contribution in [3.63, 3.8) is 0 Å². The lowest BCUT2D eigenvalue weighted by atomic mass is 10.1. The normalized spacial score (nSPS) is 17.5. The number of rotatable bonds is 8. The van der Waals surface area contributed by atoms with E-state index < -0.39 is 17.6 Å². The number of alkyl halides is 3. The number of hydrogen-bond donors (Lipinski definition) is 3. The number of ether oxygens (including phenoxy) is 1. The monoisotopic (exact) mass is 594 g/mol. The minimum atomic E-state index is -4.55. The van der Waals surface area contributed by atoms with Crippen molar-refractivity contribution in [1.82, 2.24) is 24.6 Å². The Morgan fingerprint density at radius 1 is 1.05 bits per heavy atom. The number of morpholine rings is 1. The smallest absolute Gasteiger partial charge is 0.373 e. The van der Waals surface area contributed by atoms with E-state index >= 15 is 0 Å². The Morgan fingerprint density at radius 2 is 1.81 bits per heavy atom. The molecule has 3 N–H and O–H groups in total. The Hall–Kier alpha value is -4.49. The second kappa shape index (κ2) is 12.4. The number of aryl methyl sites for hydroxylation is 1. The van der Waals surface area contributed by atoms with E-state index in [4.69, 9.17) is 9.84 Å². The highest BCUT2D eigenvalue weighted by atomic mass is 19.4. The molecule has 13 heteroatoms. The number of nitrogens with one attached hydrogen (secondary N) is 3. The third kappa shape index (κ3) is 7.30. The summed E-state index contributed by atoms with van der Waals surface area (Å²) in [5, 5.41) is 14.0. The van der Waals surface area contributed by atoms with Gasteiger partial charge in [0, 0.05) is 55.8 Å². The van der Waals surface area contributed by atoms with E-state index in [1.807, 2.05) is 19.1 Å². The summed E-state index contributed by atoms with van der Waals surface area (Å²) >= 11 is 0. The van der Waals surface area contributed by atoms with Crippen molar-refractivity contribution in [3.05, 3.63) is 83.3 Å². The van der Waals surface area contributed by atoms with Crippen molar-refractivity contribution in [2.75, 3.05) is 36.1 Å². The van der Waals surface area contributed by atoms with Gasteiger partial charge in [-0.1, -0.05) is 12.1 Å². The second-order valence-corrected chi connectivity index (χ2v) is 10.6. The molecular weight excluding hydrogens is 561 g/mol. The van der Waals surface area contributed by atoms with Gasteiger partial charge in [-0.3, -0.25) is 9.69 Å². The number of benzene rings is 2. The number of hydrogen-bond acceptors (Lipinski definition) is 8. The Labute approximate surface area is 247 Å². The summed E-state index contributed by atoms with van der Waals surface area (Å²) in [6.07, 6.45) is -2.87. The van der Waals surface area contributed by atoms with Crippen LogP contribution >= 0.6 is 0 Å². The molecule has 2 aromatic heterocycles. The van der Waals surface area contributed by atoms with E-state index in [1.54, 1.807) is 29.9 Å². The Morgan fingerprint density at radius 3 is 2.53 bits per heavy atom. The topological polar surface area (TPSA) is 109 Å². The number of amides is 1. The predicted molar refractivity (Wildman–Crippen MR) is 158 cm³/mol. The van der Waals surface area contributed by atoms with Gasteiger partial charge < -0.3 is 20.7 Å². The Bertz CT molecular complexity index is 1600. The molecule has 4 aromatic rings. The second-order valence-electron chi connectivity index (χ2n) is 10.6. The molecule has 2 atom stereocenters. The molecule has 5 rings (SSSR count). The van der Waals surface area contributed by atoms with Gasteiger partial charge in [0.1, 0.15) is 18.0 Å². The van der Waals surface area contributed by atoms with Crippen molar-refractivity contribution in [2.45, 2.75) is 45.7 Å². The van der Waals surface area contributed by atoms with Gasteiger partial charge >= 0.3 is 6.18 Å². The maximum absolute atomic E-state index is 13.2. The summed E-state index contributed by atoms with van der Waals surface area (Å²) in [5.41, 5.74) is 1.80. The molecule has 1 aliphatic rings. The summed E-state index contributed by atoms with van der Waals surface area (Å²) < 4.78 is 47.0. The van der Waals surface area contributed by atoms with E-state index in [0.717, 1.165) is 36.5 Å². The SMILES string of the molecule is CNc1cc(-n2nc(CN3CC(C)OC(C)C3)cc2Nc2cc(NC(=O)c3cccc(C(F)(F)F)c3)ccc2C)ncn1. The zero-order valence-corrected chi connectivity index (χ0v) is 24.2. The maximum Gasteiger partial charge on any atom is 0.416 e. The van der Waals surface area contributed by atoms with E-state index in [9.17, 15) is 18.0 Å². The van der Waals surface area contributed by atoms with Crippen LogP contribution in [0.25, 0.3) is 5.82 Å². The van der Waals surface area contributed by atoms with Crippen LogP contribution in [-0.4, -0.2) is 62.9 Å². The number of aromatic nitrogens is 4. The van der Waals surface area contributed by atoms with E-state index in [0.29, 0.717) is 35.4 Å². The van der Waals surface area contributed by atoms with Crippen LogP contribution in [0.4, 0.5) is 36.2 Å². The summed E-state index contributed by atoms with van der Waals surface area (Å²) in [5.74, 6) is 1.15. The number of anilines is 4. The average Bonchev–Trinajstić information content (AvgIpc) is 3.35. The summed E-state index contributed by atoms with van der Waals surface area (Å²) in [6, 6.07) is 13.3. The van der Waals surface area contributed by atoms with Gasteiger partial charge in [-0.15, -0.1) is 0 Å². The van der Waals surface area contributed by atoms with E-state index in [2.05, 4.69) is 44.7 Å². The zero-order chi connectivity index (χ0) is 30.7. The summed E-state index contributed by atoms with van der Waals surface area (Å²) in [6.45, 7) is 8.18. The van der Waals surface area contributed by atoms with Crippen LogP contribution < -0.4 is 16.0 Å². The standard InChI is InChI=1S/C30H33F3N8O2/c1-18-8-9-23(37-29(42)21-6-5-7-22(10-21)30(31,32)33)11-25(18)38-28-12-24(16-40-14-19(2)43-20(3)15-40)39-41(28)27-13-26(34-4)35-17-36-27/h5-13,17,19-20,38H,14-16H2,1-4H3,(H,37,42)(H,34,35,36). The third-order valence-electron chi connectivity index (χ3n) is 6.98. The summed E-state index contributed by atoms with van der Waals surface area (Å²) in [4.78, 5) is 23.8. The first-order valence-corrected chi connectivity index (χ1v) is 13.8. The molecule has 0 bridgehead atoms. The molecule has 2 unspecified atom stereocenters. The van der Waals surface area contributed by atoms with E-state index in [-0.39, 0.29) is 17.8 Å². The predicted octanol–water partition coefficient (Wildman–Crippen LogP) is 5.64. The minimum Gasteiger partial charge on any atom is -0.373 e. The van der Waals surface area contributed by atoms with Crippen LogP contribution in [0.5, 0.6) is 0 Å². The van der Waals surface area contributed by atoms with Crippen molar-refractivity contribution >= 4 is 28.9 Å². The highest BCUT2D eigenvalue weighted by Gasteiger charge is 2.31. The molecule has 1 amide bonds. The van der Waals surface area contributed by atoms with Crippen LogP contribution in [0.3, 0.4) is 0 Å². The molecular formula is C30H33F3N8O2. The van der Waals surface area contributed by atoms with E-state index in [1.165, 1.54) is 18.5 Å². The van der Waals surface area contributed by atoms with Gasteiger partial charge in [0.2, 0.25) is 0 Å². The van der Waals surface area contributed by atoms with Crippen molar-refractivity contribution < 1.29 is 22.7 Å². The van der Waals surface area contributed by atoms with Gasteiger partial charge in [0.15, 0.2) is 5.82 Å². The zero-order valence-electron chi connectivity index (χ0n) is 24.2. The van der Waals surface area contributed by atoms with Gasteiger partial charge in [-0.05, 0) is 56.7 Å². The molecule has 1 aliphatic heterocycles. The molecule has 1 fully saturated rings. The number of carbonyl (C=O) groups excluding carboxylic acids is 1. The molecule has 43 heavy (non-hydrogen) atoms. The largest absolute Gasteiger partial charge is 0.416 e. The third-order valence-corrected chi connectivity index (χ3v) is 6.98. The molecule has 0 radical (unpaired) electrons. The van der Waals surface area contributed by atoms with Crippen molar-refractivity contribution in [1.29, 1.82) is 0 Å². The fraction of sp³-hybridized carbons (Fsp3) is 0.333. The van der Waals surface area contributed by atoms with Crippen LogP contribution in [0.2, 0.25) is 0 Å². The molecule has 0 saturated carbocycles. The number of carbonyl (C=O) groups is 1. The van der Waals surface area contributed by atoms with Crippen molar-refractivity contribution in [2.24, 2.45) is 0 Å². The van der Waals surface area contributed by atoms with Gasteiger partial charge in [0.25, 0.3) is 5.91 Å². The molecule has 0 spiro atoms. The first-order chi connectivity index (χ1) is 20.5. The fourth-order valence-corrected chi connectivity index (χ4v) is 5.03. The first-order valence-electron chi connectivity index (χ1n) is 13.8. The highest BCUT2D eigenvalue weighted by Crippen LogP contribution is 2.31. The lowest BCUT2D eigenvalue weighted by molar-refractivity contribution is -0.137. The molecule has 226 valence electrons. The van der Waals surface area contributed by atoms with Crippen LogP contribution in [0, 0.1) is 6.92 Å². The Kier molecular flexibility index (Phi) is 8.64. The lowest BCUT2D eigenvalue weighted by Crippen LogP contribution is -2.44. The molecule has 10 nitrogen and oxygen atoms in total. The molecule has 1 saturated heterocycles. The minimum absolute atomic E-state index is 0.0940. The van der Waals surface area contributed by atoms with Crippen LogP contribution in [-0.2, 0) is 17.5 Å². The molecule has 0 aliphatic carbocycles. The molecule has 2 aromatic carbocycles. The van der Waals surface area contributed by atoms with Crippen LogP contribution in [0.1, 0.15) is 41.0 Å². The first kappa shape index (κ1) is 30.0. The lowest BCUT2D eigenvalue weighted by Gasteiger charge is -2.34. The highest BCUT2D eigenvalue weighted by molar-refractivity contribution is 6.04. The Balaban J connectivity index is 1.42. The molecule has 3 heterocycles. The average molecular weight is 595 g/mol. The maximum atomic E-state index is 13.2. The number of halogens is 3. The quantitative estimate of drug-likeness (QED) is 0.241. The van der Waals surface area contributed by atoms with Crippen LogP contribution in [0.15, 0.2) is 60.9 Å². The van der Waals surface area contributed by atoms with Gasteiger partial charge in [-0.2, -0.15) is 23.0 Å².